The highest BCUT2D eigenvalue weighted by molar-refractivity contribution is 6.18. The van der Waals surface area contributed by atoms with Crippen LogP contribution < -0.4 is 11.3 Å². The van der Waals surface area contributed by atoms with Crippen LogP contribution in [0, 0.1) is 0 Å². The van der Waals surface area contributed by atoms with E-state index in [1.54, 1.807) is 36.4 Å². The van der Waals surface area contributed by atoms with Crippen LogP contribution in [0.1, 0.15) is 0 Å². The number of hydrogen-bond donors (Lipinski definition) is 0. The molecule has 0 aliphatic rings. The normalized spacial score (nSPS) is 11.8. The van der Waals surface area contributed by atoms with Crippen molar-refractivity contribution >= 4 is 32.7 Å². The quantitative estimate of drug-likeness (QED) is 0.349. The van der Waals surface area contributed by atoms with Crippen molar-refractivity contribution in [3.05, 3.63) is 57.2 Å². The molecule has 0 spiro atoms. The zero-order valence-electron chi connectivity index (χ0n) is 9.10. The molecule has 0 aliphatic heterocycles. The fourth-order valence-electron chi connectivity index (χ4n) is 2.40. The van der Waals surface area contributed by atoms with Crippen LogP contribution in [-0.4, -0.2) is 0 Å². The van der Waals surface area contributed by atoms with Crippen LogP contribution in [0.5, 0.6) is 0 Å². The Labute approximate surface area is 99.4 Å². The Hall–Kier alpha value is -2.62. The topological polar surface area (TPSA) is 60.4 Å². The average molecular weight is 238 g/mol. The van der Waals surface area contributed by atoms with E-state index in [0.29, 0.717) is 32.7 Å². The molecule has 0 bridgehead atoms. The number of hydrogen-bond acceptors (Lipinski definition) is 4. The first kappa shape index (κ1) is 9.41. The van der Waals surface area contributed by atoms with Crippen LogP contribution in [-0.2, 0) is 0 Å². The molecule has 86 valence electrons. The van der Waals surface area contributed by atoms with Gasteiger partial charge in [-0.2, -0.15) is 0 Å². The molecule has 0 saturated heterocycles. The third-order valence-electron chi connectivity index (χ3n) is 3.15. The highest BCUT2D eigenvalue weighted by Gasteiger charge is 2.15. The molecule has 0 unspecified atom stereocenters. The van der Waals surface area contributed by atoms with Gasteiger partial charge in [-0.3, -0.25) is 0 Å². The highest BCUT2D eigenvalue weighted by Crippen LogP contribution is 2.30. The summed E-state index contributed by atoms with van der Waals surface area (Å²) < 4.78 is 10.5. The zero-order chi connectivity index (χ0) is 12.3. The van der Waals surface area contributed by atoms with E-state index in [0.717, 1.165) is 0 Å². The molecular weight excluding hydrogens is 232 g/mol. The molecule has 0 aliphatic carbocycles. The lowest BCUT2D eigenvalue weighted by Gasteiger charge is -2.06. The van der Waals surface area contributed by atoms with Crippen molar-refractivity contribution in [3.8, 4) is 0 Å². The minimum Gasteiger partial charge on any atom is -0.422 e. The van der Waals surface area contributed by atoms with Gasteiger partial charge >= 0.3 is 11.3 Å². The third kappa shape index (κ3) is 0.996. The lowest BCUT2D eigenvalue weighted by molar-refractivity contribution is 0.559. The van der Waals surface area contributed by atoms with Crippen molar-refractivity contribution in [2.45, 2.75) is 0 Å². The van der Waals surface area contributed by atoms with Crippen molar-refractivity contribution in [1.29, 1.82) is 0 Å². The molecule has 0 fully saturated rings. The first-order chi connectivity index (χ1) is 8.75. The Morgan fingerprint density at radius 3 is 1.56 bits per heavy atom. The van der Waals surface area contributed by atoms with Crippen molar-refractivity contribution in [3.63, 3.8) is 0 Å². The average Bonchev–Trinajstić information content (AvgIpc) is 2.38. The summed E-state index contributed by atoms with van der Waals surface area (Å²) in [5.41, 5.74) is -0.0212. The molecule has 4 heteroatoms. The van der Waals surface area contributed by atoms with Crippen molar-refractivity contribution in [1.82, 2.24) is 0 Å². The predicted molar refractivity (Wildman–Crippen MR) is 67.2 cm³/mol. The molecule has 0 N–H and O–H groups in total. The molecule has 0 atom stereocenters. The molecule has 4 rings (SSSR count). The number of rotatable bonds is 0. The lowest BCUT2D eigenvalue weighted by atomic mass is 10.0. The van der Waals surface area contributed by atoms with Gasteiger partial charge in [-0.15, -0.1) is 0 Å². The van der Waals surface area contributed by atoms with Gasteiger partial charge in [0, 0.05) is 10.8 Å². The summed E-state index contributed by atoms with van der Waals surface area (Å²) in [6.07, 6.45) is 0. The molecule has 2 aromatic heterocycles. The fraction of sp³-hybridized carbons (Fsp3) is 0. The summed E-state index contributed by atoms with van der Waals surface area (Å²) in [4.78, 5) is 23.7. The summed E-state index contributed by atoms with van der Waals surface area (Å²) >= 11 is 0. The highest BCUT2D eigenvalue weighted by atomic mass is 16.4. The predicted octanol–water partition coefficient (Wildman–Crippen LogP) is 2.49. The van der Waals surface area contributed by atoms with Gasteiger partial charge in [0.2, 0.25) is 0 Å². The first-order valence-corrected chi connectivity index (χ1v) is 5.46. The standard InChI is InChI=1S/C14H6O4/c15-13-7-3-1-5-9-11(7)12-8(14(16)17-9)4-2-6-10(12)18-13/h1-6H. The monoisotopic (exact) mass is 238 g/mol. The van der Waals surface area contributed by atoms with Gasteiger partial charge in [-0.25, -0.2) is 9.59 Å². The van der Waals surface area contributed by atoms with Crippen LogP contribution >= 0.6 is 0 Å². The van der Waals surface area contributed by atoms with Crippen molar-refractivity contribution < 1.29 is 8.83 Å². The van der Waals surface area contributed by atoms with E-state index in [4.69, 9.17) is 8.83 Å². The second-order valence-electron chi connectivity index (χ2n) is 4.14. The maximum absolute atomic E-state index is 11.9. The first-order valence-electron chi connectivity index (χ1n) is 5.46. The SMILES string of the molecule is O=c1oc2cccc3c(=O)oc4cccc1c4c23. The summed E-state index contributed by atoms with van der Waals surface area (Å²) in [6, 6.07) is 10.0. The van der Waals surface area contributed by atoms with Gasteiger partial charge in [0.15, 0.2) is 0 Å². The zero-order valence-corrected chi connectivity index (χ0v) is 9.10. The smallest absolute Gasteiger partial charge is 0.344 e. The van der Waals surface area contributed by atoms with E-state index < -0.39 is 11.3 Å². The van der Waals surface area contributed by atoms with E-state index in [1.165, 1.54) is 0 Å². The Morgan fingerprint density at radius 2 is 1.11 bits per heavy atom. The molecule has 0 radical (unpaired) electrons. The molecule has 2 aromatic carbocycles. The van der Waals surface area contributed by atoms with Crippen LogP contribution in [0.3, 0.4) is 0 Å². The van der Waals surface area contributed by atoms with Crippen LogP contribution in [0.25, 0.3) is 32.7 Å². The van der Waals surface area contributed by atoms with Crippen LogP contribution in [0.15, 0.2) is 54.8 Å². The minimum absolute atomic E-state index is 0.411. The summed E-state index contributed by atoms with van der Waals surface area (Å²) in [7, 11) is 0. The van der Waals surface area contributed by atoms with E-state index in [2.05, 4.69) is 0 Å². The van der Waals surface area contributed by atoms with Crippen molar-refractivity contribution in [2.24, 2.45) is 0 Å². The molecule has 4 aromatic rings. The Bertz CT molecular complexity index is 923. The van der Waals surface area contributed by atoms with Crippen LogP contribution in [0.4, 0.5) is 0 Å². The Balaban J connectivity index is 2.60. The minimum atomic E-state index is -0.422. The van der Waals surface area contributed by atoms with Crippen molar-refractivity contribution in [2.75, 3.05) is 0 Å². The van der Waals surface area contributed by atoms with Gasteiger partial charge in [0.1, 0.15) is 11.2 Å². The molecule has 0 amide bonds. The second-order valence-corrected chi connectivity index (χ2v) is 4.14. The summed E-state index contributed by atoms with van der Waals surface area (Å²) in [5, 5.41) is 2.16. The molecular formula is C14H6O4. The number of benzene rings is 2. The maximum atomic E-state index is 11.9. The third-order valence-corrected chi connectivity index (χ3v) is 3.15. The van der Waals surface area contributed by atoms with Gasteiger partial charge < -0.3 is 8.83 Å². The summed E-state index contributed by atoms with van der Waals surface area (Å²) in [6.45, 7) is 0. The van der Waals surface area contributed by atoms with Gasteiger partial charge in [0.25, 0.3) is 0 Å². The van der Waals surface area contributed by atoms with E-state index in [1.807, 2.05) is 0 Å². The van der Waals surface area contributed by atoms with Crippen LogP contribution in [0.2, 0.25) is 0 Å². The largest absolute Gasteiger partial charge is 0.422 e. The Kier molecular flexibility index (Phi) is 1.56. The van der Waals surface area contributed by atoms with Gasteiger partial charge in [-0.1, -0.05) is 12.1 Å². The van der Waals surface area contributed by atoms with E-state index in [9.17, 15) is 9.59 Å². The van der Waals surface area contributed by atoms with Gasteiger partial charge in [-0.05, 0) is 24.3 Å². The lowest BCUT2D eigenvalue weighted by Crippen LogP contribution is -2.05. The fourth-order valence-corrected chi connectivity index (χ4v) is 2.40. The van der Waals surface area contributed by atoms with E-state index >= 15 is 0 Å². The maximum Gasteiger partial charge on any atom is 0.344 e. The Morgan fingerprint density at radius 1 is 0.667 bits per heavy atom. The molecule has 2 heterocycles. The summed E-state index contributed by atoms with van der Waals surface area (Å²) in [5.74, 6) is 0. The second kappa shape index (κ2) is 2.98. The molecule has 18 heavy (non-hydrogen) atoms. The van der Waals surface area contributed by atoms with Gasteiger partial charge in [0.05, 0.1) is 10.8 Å². The van der Waals surface area contributed by atoms with E-state index in [-0.39, 0.29) is 0 Å². The molecule has 4 nitrogen and oxygen atoms in total. The molecule has 0 saturated carbocycles.